The second kappa shape index (κ2) is 13.2. The zero-order chi connectivity index (χ0) is 14.5. The number of hydrogen-bond acceptors (Lipinski definition) is 5. The summed E-state index contributed by atoms with van der Waals surface area (Å²) in [6, 6.07) is 6.46. The van der Waals surface area contributed by atoms with Crippen LogP contribution in [0.2, 0.25) is 0 Å². The molecule has 1 nitrogen and oxygen atoms in total. The van der Waals surface area contributed by atoms with Crippen LogP contribution in [-0.4, -0.2) is 39.5 Å². The number of rotatable bonds is 12. The van der Waals surface area contributed by atoms with Crippen LogP contribution in [-0.2, 0) is 11.5 Å². The molecule has 0 saturated heterocycles. The molecule has 0 unspecified atom stereocenters. The molecule has 0 aliphatic heterocycles. The first-order valence-electron chi connectivity index (χ1n) is 7.12. The lowest BCUT2D eigenvalue weighted by atomic mass is 10.3. The van der Waals surface area contributed by atoms with Gasteiger partial charge in [-0.2, -0.15) is 47.0 Å². The number of thioether (sulfide) groups is 4. The van der Waals surface area contributed by atoms with E-state index in [2.05, 4.69) is 32.0 Å². The van der Waals surface area contributed by atoms with Gasteiger partial charge in [-0.15, -0.1) is 0 Å². The Balaban J connectivity index is 2.19. The van der Waals surface area contributed by atoms with Crippen molar-refractivity contribution in [2.75, 3.05) is 34.5 Å². The maximum Gasteiger partial charge on any atom is 0.0506 e. The van der Waals surface area contributed by atoms with E-state index in [-0.39, 0.29) is 0 Å². The second-order valence-electron chi connectivity index (χ2n) is 4.12. The zero-order valence-corrected chi connectivity index (χ0v) is 15.7. The molecule has 0 amide bonds. The quantitative estimate of drug-likeness (QED) is 0.489. The Labute approximate surface area is 141 Å². The van der Waals surface area contributed by atoms with Crippen molar-refractivity contribution in [1.82, 2.24) is 4.98 Å². The summed E-state index contributed by atoms with van der Waals surface area (Å²) in [6.07, 6.45) is 0. The summed E-state index contributed by atoms with van der Waals surface area (Å²) >= 11 is 8.03. The summed E-state index contributed by atoms with van der Waals surface area (Å²) in [7, 11) is 0. The molecule has 0 aromatic carbocycles. The van der Waals surface area contributed by atoms with Crippen LogP contribution in [0.15, 0.2) is 18.2 Å². The van der Waals surface area contributed by atoms with Gasteiger partial charge in [0.25, 0.3) is 0 Å². The standard InChI is InChI=1S/C15H25NS4/c1-3-17-8-10-19-12-14-6-5-7-15(16-14)13-20-11-9-18-4-2/h5-7H,3-4,8-13H2,1-2H3. The zero-order valence-electron chi connectivity index (χ0n) is 12.5. The van der Waals surface area contributed by atoms with Crippen molar-refractivity contribution in [2.24, 2.45) is 0 Å². The first-order valence-corrected chi connectivity index (χ1v) is 11.7. The average molecular weight is 348 g/mol. The van der Waals surface area contributed by atoms with E-state index < -0.39 is 0 Å². The Kier molecular flexibility index (Phi) is 12.3. The van der Waals surface area contributed by atoms with Crippen molar-refractivity contribution in [3.8, 4) is 0 Å². The van der Waals surface area contributed by atoms with E-state index in [4.69, 9.17) is 4.98 Å². The third-order valence-corrected chi connectivity index (χ3v) is 6.82. The molecule has 0 spiro atoms. The smallest absolute Gasteiger partial charge is 0.0506 e. The first kappa shape index (κ1) is 18.6. The molecular formula is C15H25NS4. The molecular weight excluding hydrogens is 322 g/mol. The first-order chi connectivity index (χ1) is 9.86. The van der Waals surface area contributed by atoms with Crippen molar-refractivity contribution in [3.63, 3.8) is 0 Å². The molecule has 0 saturated carbocycles. The molecule has 0 aliphatic carbocycles. The predicted molar refractivity (Wildman–Crippen MR) is 103 cm³/mol. The Hall–Kier alpha value is 0.550. The number of nitrogens with zero attached hydrogens (tertiary/aromatic N) is 1. The summed E-state index contributed by atoms with van der Waals surface area (Å²) in [5.74, 6) is 9.52. The molecule has 1 heterocycles. The van der Waals surface area contributed by atoms with Crippen LogP contribution in [0.25, 0.3) is 0 Å². The molecule has 1 rings (SSSR count). The maximum atomic E-state index is 4.75. The van der Waals surface area contributed by atoms with Crippen molar-refractivity contribution in [2.45, 2.75) is 25.4 Å². The summed E-state index contributed by atoms with van der Waals surface area (Å²) in [4.78, 5) is 4.75. The Morgan fingerprint density at radius 3 is 1.65 bits per heavy atom. The van der Waals surface area contributed by atoms with E-state index in [1.54, 1.807) is 0 Å². The summed E-state index contributed by atoms with van der Waals surface area (Å²) < 4.78 is 0. The number of aromatic nitrogens is 1. The van der Waals surface area contributed by atoms with E-state index in [1.165, 1.54) is 45.9 Å². The van der Waals surface area contributed by atoms with Gasteiger partial charge >= 0.3 is 0 Å². The van der Waals surface area contributed by atoms with Crippen molar-refractivity contribution in [3.05, 3.63) is 29.6 Å². The van der Waals surface area contributed by atoms with Crippen LogP contribution in [0.4, 0.5) is 0 Å². The molecule has 20 heavy (non-hydrogen) atoms. The van der Waals surface area contributed by atoms with E-state index in [1.807, 2.05) is 47.0 Å². The van der Waals surface area contributed by atoms with E-state index in [0.717, 1.165) is 11.5 Å². The van der Waals surface area contributed by atoms with Gasteiger partial charge < -0.3 is 0 Å². The Morgan fingerprint density at radius 2 is 1.20 bits per heavy atom. The van der Waals surface area contributed by atoms with Crippen LogP contribution in [0.1, 0.15) is 25.2 Å². The lowest BCUT2D eigenvalue weighted by molar-refractivity contribution is 1.09. The fourth-order valence-corrected chi connectivity index (χ4v) is 5.06. The van der Waals surface area contributed by atoms with Gasteiger partial charge in [0.1, 0.15) is 0 Å². The third-order valence-electron chi connectivity index (χ3n) is 2.52. The normalized spacial score (nSPS) is 10.9. The van der Waals surface area contributed by atoms with Gasteiger partial charge in [-0.3, -0.25) is 4.98 Å². The summed E-state index contributed by atoms with van der Waals surface area (Å²) in [6.45, 7) is 4.44. The van der Waals surface area contributed by atoms with Crippen LogP contribution in [0.5, 0.6) is 0 Å². The average Bonchev–Trinajstić information content (AvgIpc) is 2.47. The van der Waals surface area contributed by atoms with E-state index in [9.17, 15) is 0 Å². The van der Waals surface area contributed by atoms with Crippen LogP contribution < -0.4 is 0 Å². The molecule has 114 valence electrons. The third kappa shape index (κ3) is 9.48. The topological polar surface area (TPSA) is 12.9 Å². The molecule has 1 aromatic heterocycles. The minimum absolute atomic E-state index is 1.05. The van der Waals surface area contributed by atoms with Crippen LogP contribution in [0.3, 0.4) is 0 Å². The second-order valence-corrected chi connectivity index (χ2v) is 9.12. The van der Waals surface area contributed by atoms with Gasteiger partial charge in [-0.1, -0.05) is 19.9 Å². The largest absolute Gasteiger partial charge is 0.256 e. The van der Waals surface area contributed by atoms with Gasteiger partial charge in [-0.25, -0.2) is 0 Å². The monoisotopic (exact) mass is 347 g/mol. The lowest BCUT2D eigenvalue weighted by Gasteiger charge is -2.05. The predicted octanol–water partition coefficient (Wildman–Crippen LogP) is 5.05. The molecule has 0 atom stereocenters. The minimum Gasteiger partial charge on any atom is -0.256 e. The highest BCUT2D eigenvalue weighted by molar-refractivity contribution is 8.02. The lowest BCUT2D eigenvalue weighted by Crippen LogP contribution is -1.95. The highest BCUT2D eigenvalue weighted by Crippen LogP contribution is 2.16. The molecule has 0 aliphatic rings. The Morgan fingerprint density at radius 1 is 0.750 bits per heavy atom. The molecule has 0 N–H and O–H groups in total. The SMILES string of the molecule is CCSCCSCc1cccc(CSCCSCC)n1. The molecule has 0 radical (unpaired) electrons. The maximum absolute atomic E-state index is 4.75. The fraction of sp³-hybridized carbons (Fsp3) is 0.667. The molecule has 1 aromatic rings. The van der Waals surface area contributed by atoms with Gasteiger partial charge in [0.15, 0.2) is 0 Å². The summed E-state index contributed by atoms with van der Waals surface area (Å²) in [5, 5.41) is 0. The molecule has 5 heteroatoms. The van der Waals surface area contributed by atoms with Gasteiger partial charge in [0.2, 0.25) is 0 Å². The van der Waals surface area contributed by atoms with Crippen LogP contribution in [0, 0.1) is 0 Å². The van der Waals surface area contributed by atoms with Crippen molar-refractivity contribution in [1.29, 1.82) is 0 Å². The highest BCUT2D eigenvalue weighted by atomic mass is 32.2. The van der Waals surface area contributed by atoms with Crippen molar-refractivity contribution >= 4 is 47.0 Å². The fourth-order valence-electron chi connectivity index (χ4n) is 1.57. The summed E-state index contributed by atoms with van der Waals surface area (Å²) in [5.41, 5.74) is 2.47. The van der Waals surface area contributed by atoms with Gasteiger partial charge in [-0.05, 0) is 23.6 Å². The minimum atomic E-state index is 1.05. The van der Waals surface area contributed by atoms with Gasteiger partial charge in [0.05, 0.1) is 11.4 Å². The van der Waals surface area contributed by atoms with Gasteiger partial charge in [0, 0.05) is 34.5 Å². The Bertz CT molecular complexity index is 317. The highest BCUT2D eigenvalue weighted by Gasteiger charge is 1.99. The van der Waals surface area contributed by atoms with Crippen molar-refractivity contribution < 1.29 is 0 Å². The van der Waals surface area contributed by atoms with E-state index in [0.29, 0.717) is 0 Å². The molecule has 0 fully saturated rings. The van der Waals surface area contributed by atoms with E-state index >= 15 is 0 Å². The number of hydrogen-bond donors (Lipinski definition) is 0. The van der Waals surface area contributed by atoms with Crippen LogP contribution >= 0.6 is 47.0 Å². The molecule has 0 bridgehead atoms. The number of pyridine rings is 1.